The molecule has 0 aromatic heterocycles. The van der Waals surface area contributed by atoms with Gasteiger partial charge in [-0.2, -0.15) is 0 Å². The lowest BCUT2D eigenvalue weighted by Gasteiger charge is -2.19. The zero-order chi connectivity index (χ0) is 15.7. The van der Waals surface area contributed by atoms with Gasteiger partial charge in [0.15, 0.2) is 0 Å². The minimum absolute atomic E-state index is 0.439. The Morgan fingerprint density at radius 3 is 1.20 bits per heavy atom. The molecule has 0 aliphatic rings. The van der Waals surface area contributed by atoms with Crippen molar-refractivity contribution in [3.8, 4) is 0 Å². The molecule has 0 bridgehead atoms. The number of rotatable bonds is 9. The molecule has 0 N–H and O–H groups in total. The first kappa shape index (κ1) is 19.3. The smallest absolute Gasteiger partial charge is 0.0528 e. The largest absolute Gasteiger partial charge is 0.285 e. The number of aliphatic imine (C=N–C) groups is 2. The van der Waals surface area contributed by atoms with Crippen LogP contribution in [0.2, 0.25) is 0 Å². The van der Waals surface area contributed by atoms with Crippen molar-refractivity contribution in [2.75, 3.05) is 0 Å². The Hall–Kier alpha value is -0.660. The Bertz CT molecular complexity index is 281. The lowest BCUT2D eigenvalue weighted by atomic mass is 9.99. The van der Waals surface area contributed by atoms with Gasteiger partial charge in [0.1, 0.15) is 0 Å². The monoisotopic (exact) mass is 280 g/mol. The molecule has 2 unspecified atom stereocenters. The third-order valence-electron chi connectivity index (χ3n) is 3.95. The van der Waals surface area contributed by atoms with Gasteiger partial charge in [-0.3, -0.25) is 9.98 Å². The van der Waals surface area contributed by atoms with Crippen molar-refractivity contribution in [3.63, 3.8) is 0 Å². The highest BCUT2D eigenvalue weighted by Crippen LogP contribution is 2.15. The van der Waals surface area contributed by atoms with E-state index in [0.717, 1.165) is 11.4 Å². The van der Waals surface area contributed by atoms with E-state index in [-0.39, 0.29) is 0 Å². The SMILES string of the molecule is CCCC(N=C(C)C(C)=NC(CCC)C(C)C)C(C)C. The van der Waals surface area contributed by atoms with Gasteiger partial charge in [0, 0.05) is 0 Å². The average Bonchev–Trinajstić information content (AvgIpc) is 2.36. The molecular weight excluding hydrogens is 244 g/mol. The van der Waals surface area contributed by atoms with E-state index >= 15 is 0 Å². The summed E-state index contributed by atoms with van der Waals surface area (Å²) >= 11 is 0. The molecule has 0 aliphatic carbocycles. The molecule has 0 aromatic carbocycles. The molecule has 0 saturated heterocycles. The van der Waals surface area contributed by atoms with Crippen LogP contribution in [0.1, 0.15) is 81.1 Å². The minimum Gasteiger partial charge on any atom is -0.285 e. The predicted molar refractivity (Wildman–Crippen MR) is 93.3 cm³/mol. The van der Waals surface area contributed by atoms with Crippen LogP contribution in [0.25, 0.3) is 0 Å². The summed E-state index contributed by atoms with van der Waals surface area (Å²) < 4.78 is 0. The van der Waals surface area contributed by atoms with Crippen LogP contribution < -0.4 is 0 Å². The molecule has 0 spiro atoms. The van der Waals surface area contributed by atoms with Gasteiger partial charge in [-0.05, 0) is 38.5 Å². The molecular formula is C18H36N2. The molecule has 0 aromatic rings. The second-order valence-electron chi connectivity index (χ2n) is 6.63. The quantitative estimate of drug-likeness (QED) is 0.494. The highest BCUT2D eigenvalue weighted by atomic mass is 14.9. The van der Waals surface area contributed by atoms with Gasteiger partial charge in [0.05, 0.1) is 23.5 Å². The van der Waals surface area contributed by atoms with Crippen LogP contribution in [0.4, 0.5) is 0 Å². The van der Waals surface area contributed by atoms with Crippen LogP contribution in [0.3, 0.4) is 0 Å². The summed E-state index contributed by atoms with van der Waals surface area (Å²) in [5, 5.41) is 0. The van der Waals surface area contributed by atoms with E-state index in [1.54, 1.807) is 0 Å². The van der Waals surface area contributed by atoms with Crippen molar-refractivity contribution in [3.05, 3.63) is 0 Å². The van der Waals surface area contributed by atoms with E-state index in [1.807, 2.05) is 0 Å². The first-order chi connectivity index (χ1) is 9.33. The summed E-state index contributed by atoms with van der Waals surface area (Å²) in [6.45, 7) is 17.7. The molecule has 2 heteroatoms. The van der Waals surface area contributed by atoms with Gasteiger partial charge in [-0.1, -0.05) is 54.4 Å². The maximum atomic E-state index is 4.92. The molecule has 0 rings (SSSR count). The van der Waals surface area contributed by atoms with E-state index in [9.17, 15) is 0 Å². The highest BCUT2D eigenvalue weighted by Gasteiger charge is 2.14. The van der Waals surface area contributed by atoms with Gasteiger partial charge in [0.2, 0.25) is 0 Å². The molecule has 0 saturated carbocycles. The van der Waals surface area contributed by atoms with Gasteiger partial charge in [0.25, 0.3) is 0 Å². The molecule has 0 fully saturated rings. The normalized spacial score (nSPS) is 16.9. The molecule has 2 atom stereocenters. The predicted octanol–water partition coefficient (Wildman–Crippen LogP) is 5.56. The minimum atomic E-state index is 0.439. The van der Waals surface area contributed by atoms with E-state index < -0.39 is 0 Å². The third-order valence-corrected chi connectivity index (χ3v) is 3.95. The zero-order valence-electron chi connectivity index (χ0n) is 15.0. The number of nitrogens with zero attached hydrogens (tertiary/aromatic N) is 2. The van der Waals surface area contributed by atoms with Crippen molar-refractivity contribution in [1.82, 2.24) is 0 Å². The molecule has 0 radical (unpaired) electrons. The lowest BCUT2D eigenvalue weighted by molar-refractivity contribution is 0.460. The fourth-order valence-electron chi connectivity index (χ4n) is 2.37. The maximum Gasteiger partial charge on any atom is 0.0528 e. The Morgan fingerprint density at radius 2 is 1.00 bits per heavy atom. The molecule has 0 aliphatic heterocycles. The van der Waals surface area contributed by atoms with Crippen molar-refractivity contribution in [2.45, 2.75) is 93.2 Å². The summed E-state index contributed by atoms with van der Waals surface area (Å²) in [4.78, 5) is 9.85. The average molecular weight is 280 g/mol. The number of hydrogen-bond acceptors (Lipinski definition) is 2. The molecule has 118 valence electrons. The zero-order valence-corrected chi connectivity index (χ0v) is 15.0. The summed E-state index contributed by atoms with van der Waals surface area (Å²) in [6, 6.07) is 0.877. The molecule has 0 heterocycles. The Morgan fingerprint density at radius 1 is 0.700 bits per heavy atom. The molecule has 20 heavy (non-hydrogen) atoms. The molecule has 0 amide bonds. The lowest BCUT2D eigenvalue weighted by Crippen LogP contribution is -2.20. The summed E-state index contributed by atoms with van der Waals surface area (Å²) in [7, 11) is 0. The summed E-state index contributed by atoms with van der Waals surface area (Å²) in [5.74, 6) is 1.21. The second kappa shape index (κ2) is 10.1. The van der Waals surface area contributed by atoms with Gasteiger partial charge >= 0.3 is 0 Å². The first-order valence-electron chi connectivity index (χ1n) is 8.42. The van der Waals surface area contributed by atoms with E-state index in [0.29, 0.717) is 23.9 Å². The second-order valence-corrected chi connectivity index (χ2v) is 6.63. The van der Waals surface area contributed by atoms with Crippen LogP contribution in [0.15, 0.2) is 9.98 Å². The standard InChI is InChI=1S/C18H36N2/c1-9-11-17(13(3)4)19-15(7)16(8)20-18(12-10-2)14(5)6/h13-14,17-18H,9-12H2,1-8H3. The fourth-order valence-corrected chi connectivity index (χ4v) is 2.37. The van der Waals surface area contributed by atoms with Crippen molar-refractivity contribution in [1.29, 1.82) is 0 Å². The summed E-state index contributed by atoms with van der Waals surface area (Å²) in [5.41, 5.74) is 2.25. The van der Waals surface area contributed by atoms with Gasteiger partial charge in [-0.15, -0.1) is 0 Å². The maximum absolute atomic E-state index is 4.92. The summed E-state index contributed by atoms with van der Waals surface area (Å²) in [6.07, 6.45) is 4.73. The van der Waals surface area contributed by atoms with E-state index in [4.69, 9.17) is 9.98 Å². The Kier molecular flexibility index (Phi) is 9.79. The van der Waals surface area contributed by atoms with Crippen LogP contribution in [-0.4, -0.2) is 23.5 Å². The Labute approximate surface area is 127 Å². The Balaban J connectivity index is 4.99. The topological polar surface area (TPSA) is 24.7 Å². The van der Waals surface area contributed by atoms with Crippen LogP contribution in [0, 0.1) is 11.8 Å². The van der Waals surface area contributed by atoms with Gasteiger partial charge < -0.3 is 0 Å². The third kappa shape index (κ3) is 7.21. The highest BCUT2D eigenvalue weighted by molar-refractivity contribution is 6.40. The van der Waals surface area contributed by atoms with E-state index in [2.05, 4.69) is 55.4 Å². The fraction of sp³-hybridized carbons (Fsp3) is 0.889. The van der Waals surface area contributed by atoms with Crippen LogP contribution in [0.5, 0.6) is 0 Å². The van der Waals surface area contributed by atoms with Crippen molar-refractivity contribution in [2.24, 2.45) is 21.8 Å². The number of hydrogen-bond donors (Lipinski definition) is 0. The first-order valence-corrected chi connectivity index (χ1v) is 8.42. The van der Waals surface area contributed by atoms with Crippen LogP contribution >= 0.6 is 0 Å². The van der Waals surface area contributed by atoms with Gasteiger partial charge in [-0.25, -0.2) is 0 Å². The van der Waals surface area contributed by atoms with Crippen molar-refractivity contribution >= 4 is 11.4 Å². The van der Waals surface area contributed by atoms with Crippen LogP contribution in [-0.2, 0) is 0 Å². The van der Waals surface area contributed by atoms with Crippen molar-refractivity contribution < 1.29 is 0 Å². The molecule has 2 nitrogen and oxygen atoms in total. The van der Waals surface area contributed by atoms with E-state index in [1.165, 1.54) is 25.7 Å².